The second-order valence-electron chi connectivity index (χ2n) is 5.69. The Balaban J connectivity index is 1.62. The highest BCUT2D eigenvalue weighted by Crippen LogP contribution is 2.28. The van der Waals surface area contributed by atoms with E-state index in [4.69, 9.17) is 0 Å². The van der Waals surface area contributed by atoms with Gasteiger partial charge >= 0.3 is 0 Å². The van der Waals surface area contributed by atoms with Crippen molar-refractivity contribution in [3.05, 3.63) is 45.9 Å². The van der Waals surface area contributed by atoms with Crippen LogP contribution in [-0.2, 0) is 6.54 Å². The number of rotatable bonds is 5. The maximum absolute atomic E-state index is 10.8. The summed E-state index contributed by atoms with van der Waals surface area (Å²) in [6.45, 7) is 2.27. The van der Waals surface area contributed by atoms with Gasteiger partial charge in [0.2, 0.25) is 0 Å². The first-order valence-corrected chi connectivity index (χ1v) is 7.52. The predicted molar refractivity (Wildman–Crippen MR) is 82.7 cm³/mol. The van der Waals surface area contributed by atoms with Gasteiger partial charge in [-0.3, -0.25) is 14.8 Å². The van der Waals surface area contributed by atoms with E-state index < -0.39 is 4.92 Å². The molecule has 0 aromatic carbocycles. The van der Waals surface area contributed by atoms with E-state index in [-0.39, 0.29) is 5.69 Å². The highest BCUT2D eigenvalue weighted by Gasteiger charge is 2.17. The minimum atomic E-state index is -0.421. The van der Waals surface area contributed by atoms with Gasteiger partial charge in [0.1, 0.15) is 12.0 Å². The van der Waals surface area contributed by atoms with Crippen molar-refractivity contribution in [2.45, 2.75) is 45.2 Å². The molecule has 0 spiro atoms. The summed E-state index contributed by atoms with van der Waals surface area (Å²) in [5.74, 6) is 0.624. The third kappa shape index (κ3) is 3.08. The van der Waals surface area contributed by atoms with Gasteiger partial charge in [-0.25, -0.2) is 4.98 Å². The van der Waals surface area contributed by atoms with Crippen molar-refractivity contribution >= 4 is 11.5 Å². The largest absolute Gasteiger partial charge is 0.364 e. The zero-order valence-corrected chi connectivity index (χ0v) is 12.5. The monoisotopic (exact) mass is 301 g/mol. The first-order valence-electron chi connectivity index (χ1n) is 7.52. The number of pyridine rings is 1. The van der Waals surface area contributed by atoms with Gasteiger partial charge in [0, 0.05) is 11.8 Å². The average Bonchev–Trinajstić information content (AvgIpc) is 3.16. The molecule has 0 aliphatic heterocycles. The fourth-order valence-corrected chi connectivity index (χ4v) is 2.86. The molecule has 0 atom stereocenters. The zero-order valence-electron chi connectivity index (χ0n) is 12.5. The number of nitrogens with one attached hydrogen (secondary N) is 1. The van der Waals surface area contributed by atoms with Crippen molar-refractivity contribution in [1.82, 2.24) is 14.8 Å². The first-order chi connectivity index (χ1) is 10.6. The topological polar surface area (TPSA) is 85.9 Å². The lowest BCUT2D eigenvalue weighted by molar-refractivity contribution is -0.385. The summed E-state index contributed by atoms with van der Waals surface area (Å²) in [6.07, 6.45) is 8.29. The molecule has 7 nitrogen and oxygen atoms in total. The Morgan fingerprint density at radius 2 is 2.23 bits per heavy atom. The molecule has 1 aliphatic carbocycles. The van der Waals surface area contributed by atoms with Gasteiger partial charge in [-0.05, 0) is 31.9 Å². The molecule has 2 aromatic rings. The number of anilines is 1. The molecule has 3 rings (SSSR count). The van der Waals surface area contributed by atoms with Crippen LogP contribution in [0.3, 0.4) is 0 Å². The van der Waals surface area contributed by atoms with E-state index in [0.717, 1.165) is 5.69 Å². The summed E-state index contributed by atoms with van der Waals surface area (Å²) in [5.41, 5.74) is 1.58. The minimum Gasteiger partial charge on any atom is -0.364 e. The highest BCUT2D eigenvalue weighted by molar-refractivity contribution is 5.46. The van der Waals surface area contributed by atoms with Crippen LogP contribution < -0.4 is 5.32 Å². The molecule has 0 bridgehead atoms. The van der Waals surface area contributed by atoms with E-state index in [1.807, 2.05) is 12.3 Å². The van der Waals surface area contributed by atoms with Crippen LogP contribution in [0.2, 0.25) is 0 Å². The van der Waals surface area contributed by atoms with E-state index in [1.165, 1.54) is 31.9 Å². The molecule has 0 radical (unpaired) electrons. The molecule has 0 saturated heterocycles. The normalized spacial score (nSPS) is 15.1. The summed E-state index contributed by atoms with van der Waals surface area (Å²) in [4.78, 5) is 14.4. The van der Waals surface area contributed by atoms with Gasteiger partial charge in [0.25, 0.3) is 5.69 Å². The Morgan fingerprint density at radius 3 is 2.91 bits per heavy atom. The Hall–Kier alpha value is -2.44. The number of nitrogens with zero attached hydrogens (tertiary/aromatic N) is 4. The number of hydrogen-bond acceptors (Lipinski definition) is 5. The van der Waals surface area contributed by atoms with Crippen molar-refractivity contribution < 1.29 is 4.92 Å². The van der Waals surface area contributed by atoms with Crippen LogP contribution in [0.15, 0.2) is 24.5 Å². The molecule has 1 N–H and O–H groups in total. The van der Waals surface area contributed by atoms with E-state index >= 15 is 0 Å². The number of aromatic nitrogens is 3. The molecule has 1 saturated carbocycles. The van der Waals surface area contributed by atoms with Crippen LogP contribution in [0.1, 0.15) is 43.0 Å². The Kier molecular flexibility index (Phi) is 4.04. The van der Waals surface area contributed by atoms with Crippen molar-refractivity contribution in [1.29, 1.82) is 0 Å². The summed E-state index contributed by atoms with van der Waals surface area (Å²) in [7, 11) is 0. The molecule has 1 aliphatic rings. The molecule has 0 unspecified atom stereocenters. The van der Waals surface area contributed by atoms with Gasteiger partial charge in [0.05, 0.1) is 23.2 Å². The molecule has 116 valence electrons. The van der Waals surface area contributed by atoms with Crippen LogP contribution >= 0.6 is 0 Å². The number of nitro groups is 1. The fourth-order valence-electron chi connectivity index (χ4n) is 2.86. The molecular weight excluding hydrogens is 282 g/mol. The summed E-state index contributed by atoms with van der Waals surface area (Å²) < 4.78 is 2.05. The maximum Gasteiger partial charge on any atom is 0.290 e. The lowest BCUT2D eigenvalue weighted by atomic mass is 10.2. The Morgan fingerprint density at radius 1 is 1.45 bits per heavy atom. The zero-order chi connectivity index (χ0) is 15.5. The highest BCUT2D eigenvalue weighted by atomic mass is 16.6. The van der Waals surface area contributed by atoms with E-state index in [2.05, 4.69) is 20.1 Å². The lowest BCUT2D eigenvalue weighted by Gasteiger charge is -2.09. The summed E-state index contributed by atoms with van der Waals surface area (Å²) in [5, 5.41) is 18.5. The van der Waals surface area contributed by atoms with Crippen LogP contribution in [0.25, 0.3) is 0 Å². The van der Waals surface area contributed by atoms with Crippen LogP contribution in [0, 0.1) is 17.0 Å². The van der Waals surface area contributed by atoms with Gasteiger partial charge in [-0.15, -0.1) is 0 Å². The molecule has 2 heterocycles. The van der Waals surface area contributed by atoms with Crippen molar-refractivity contribution in [3.8, 4) is 0 Å². The molecular formula is C15H19N5O2. The Bertz CT molecular complexity index is 676. The van der Waals surface area contributed by atoms with E-state index in [0.29, 0.717) is 24.0 Å². The molecule has 2 aromatic heterocycles. The quantitative estimate of drug-likeness (QED) is 0.677. The van der Waals surface area contributed by atoms with Crippen molar-refractivity contribution in [3.63, 3.8) is 0 Å². The lowest BCUT2D eigenvalue weighted by Crippen LogP contribution is -2.07. The third-order valence-corrected chi connectivity index (χ3v) is 4.09. The third-order valence-electron chi connectivity index (χ3n) is 4.09. The maximum atomic E-state index is 10.8. The van der Waals surface area contributed by atoms with Gasteiger partial charge in [-0.1, -0.05) is 12.8 Å². The molecule has 0 amide bonds. The fraction of sp³-hybridized carbons (Fsp3) is 0.467. The van der Waals surface area contributed by atoms with Crippen molar-refractivity contribution in [2.24, 2.45) is 0 Å². The minimum absolute atomic E-state index is 0.0380. The first kappa shape index (κ1) is 14.5. The summed E-state index contributed by atoms with van der Waals surface area (Å²) in [6, 6.07) is 4.23. The number of hydrogen-bond donors (Lipinski definition) is 1. The molecule has 1 fully saturated rings. The second-order valence-corrected chi connectivity index (χ2v) is 5.69. The van der Waals surface area contributed by atoms with Crippen molar-refractivity contribution in [2.75, 3.05) is 5.32 Å². The van der Waals surface area contributed by atoms with Crippen LogP contribution in [0.5, 0.6) is 0 Å². The van der Waals surface area contributed by atoms with Crippen LogP contribution in [-0.4, -0.2) is 19.7 Å². The summed E-state index contributed by atoms with van der Waals surface area (Å²) >= 11 is 0. The second kappa shape index (κ2) is 6.13. The average molecular weight is 301 g/mol. The molecule has 22 heavy (non-hydrogen) atoms. The van der Waals surface area contributed by atoms with E-state index in [9.17, 15) is 10.1 Å². The predicted octanol–water partition coefficient (Wildman–Crippen LogP) is 3.22. The SMILES string of the molecule is Cc1cc(NCc2ccn(C3CCCC3)n2)ncc1[N+](=O)[O-]. The standard InChI is InChI=1S/C15H19N5O2/c1-11-8-15(17-10-14(11)20(21)22)16-9-12-6-7-19(18-12)13-4-2-3-5-13/h6-8,10,13H,2-5,9H2,1H3,(H,16,17). The van der Waals surface area contributed by atoms with Gasteiger partial charge in [-0.2, -0.15) is 5.10 Å². The van der Waals surface area contributed by atoms with E-state index in [1.54, 1.807) is 13.0 Å². The van der Waals surface area contributed by atoms with Gasteiger partial charge < -0.3 is 5.32 Å². The van der Waals surface area contributed by atoms with Crippen LogP contribution in [0.4, 0.5) is 11.5 Å². The smallest absolute Gasteiger partial charge is 0.290 e. The number of aryl methyl sites for hydroxylation is 1. The Labute approximate surface area is 128 Å². The van der Waals surface area contributed by atoms with Gasteiger partial charge in [0.15, 0.2) is 0 Å². The molecule has 7 heteroatoms.